The number of aliphatic imine (C=N–C) groups is 2. The predicted molar refractivity (Wildman–Crippen MR) is 137 cm³/mol. The van der Waals surface area contributed by atoms with E-state index in [4.69, 9.17) is 9.97 Å². The van der Waals surface area contributed by atoms with Crippen molar-refractivity contribution in [2.45, 2.75) is 0 Å². The minimum Gasteiger partial charge on any atom is -0.256 e. The maximum Gasteiger partial charge on any atom is 0.206 e. The smallest absolute Gasteiger partial charge is 0.206 e. The topological polar surface area (TPSA) is 159 Å². The Balaban J connectivity index is 1.69. The lowest BCUT2D eigenvalue weighted by Crippen LogP contribution is -2.26. The first kappa shape index (κ1) is 22.2. The number of nitrogens with zero attached hydrogens (tertiary/aromatic N) is 9. The summed E-state index contributed by atoms with van der Waals surface area (Å²) in [6, 6.07) is 22.2. The molecule has 2 aliphatic rings. The Kier molecular flexibility index (Phi) is 5.10. The van der Waals surface area contributed by atoms with E-state index in [0.717, 1.165) is 5.56 Å². The number of pyridine rings is 1. The maximum absolute atomic E-state index is 9.69. The monoisotopic (exact) mass is 485 g/mol. The third-order valence-corrected chi connectivity index (χ3v) is 6.32. The normalized spacial score (nSPS) is 14.3. The van der Waals surface area contributed by atoms with Crippen molar-refractivity contribution < 1.29 is 0 Å². The van der Waals surface area contributed by atoms with Gasteiger partial charge in [0.15, 0.2) is 0 Å². The molecule has 2 aromatic heterocycles. The minimum atomic E-state index is -0.108. The Morgan fingerprint density at radius 3 is 1.95 bits per heavy atom. The number of fused-ring (bicyclic) bond motifs is 5. The van der Waals surface area contributed by atoms with E-state index >= 15 is 0 Å². The second kappa shape index (κ2) is 8.73. The summed E-state index contributed by atoms with van der Waals surface area (Å²) in [5.74, 6) is 0. The largest absolute Gasteiger partial charge is 0.256 e. The lowest BCUT2D eigenvalue weighted by atomic mass is 9.86. The van der Waals surface area contributed by atoms with Gasteiger partial charge in [-0.3, -0.25) is 4.98 Å². The first-order valence-electron chi connectivity index (χ1n) is 11.3. The van der Waals surface area contributed by atoms with E-state index in [1.807, 2.05) is 67.0 Å². The van der Waals surface area contributed by atoms with Crippen LogP contribution in [0.15, 0.2) is 82.4 Å². The van der Waals surface area contributed by atoms with E-state index in [0.29, 0.717) is 44.9 Å². The Hall–Kier alpha value is -6.29. The highest BCUT2D eigenvalue weighted by molar-refractivity contribution is 6.31. The van der Waals surface area contributed by atoms with Crippen molar-refractivity contribution >= 4 is 17.0 Å². The molecule has 0 fully saturated rings. The maximum atomic E-state index is 9.69. The van der Waals surface area contributed by atoms with E-state index in [1.54, 1.807) is 24.4 Å². The second-order valence-electron chi connectivity index (χ2n) is 8.23. The fourth-order valence-electron chi connectivity index (χ4n) is 4.77. The van der Waals surface area contributed by atoms with E-state index in [9.17, 15) is 21.0 Å². The summed E-state index contributed by atoms with van der Waals surface area (Å²) in [6.45, 7) is 0. The molecule has 0 atom stereocenters. The summed E-state index contributed by atoms with van der Waals surface area (Å²) in [6.07, 6.45) is 5.38. The molecule has 0 bridgehead atoms. The molecule has 4 aromatic rings. The zero-order chi connectivity index (χ0) is 26.2. The lowest BCUT2D eigenvalue weighted by Gasteiger charge is -2.22. The fraction of sp³-hybridized carbons (Fsp3) is 0. The van der Waals surface area contributed by atoms with Crippen LogP contribution in [0.4, 0.5) is 0 Å². The van der Waals surface area contributed by atoms with Gasteiger partial charge >= 0.3 is 0 Å². The zero-order valence-corrected chi connectivity index (χ0v) is 19.4. The quantitative estimate of drug-likeness (QED) is 0.248. The van der Waals surface area contributed by atoms with Crippen molar-refractivity contribution in [3.05, 3.63) is 106 Å². The predicted octanol–water partition coefficient (Wildman–Crippen LogP) is 4.32. The van der Waals surface area contributed by atoms with E-state index in [2.05, 4.69) is 15.0 Å². The van der Waals surface area contributed by atoms with E-state index in [1.165, 1.54) is 0 Å². The van der Waals surface area contributed by atoms with Crippen LogP contribution >= 0.6 is 0 Å². The third-order valence-electron chi connectivity index (χ3n) is 6.32. The molecule has 6 rings (SSSR count). The molecule has 0 radical (unpaired) electrons. The molecule has 0 unspecified atom stereocenters. The molecule has 0 spiro atoms. The number of aromatic nitrogens is 3. The molecule has 9 heteroatoms. The molecule has 0 aliphatic heterocycles. The number of hydrogen-bond donors (Lipinski definition) is 0. The summed E-state index contributed by atoms with van der Waals surface area (Å²) >= 11 is 0. The van der Waals surface area contributed by atoms with Crippen LogP contribution in [0, 0.1) is 45.6 Å². The number of allylic oxidation sites excluding steroid dienone is 1. The van der Waals surface area contributed by atoms with Gasteiger partial charge in [0.25, 0.3) is 0 Å². The zero-order valence-electron chi connectivity index (χ0n) is 19.4. The van der Waals surface area contributed by atoms with Gasteiger partial charge < -0.3 is 0 Å². The van der Waals surface area contributed by atoms with Gasteiger partial charge in [0, 0.05) is 34.0 Å². The average Bonchev–Trinajstić information content (AvgIpc) is 3.28. The Bertz CT molecular complexity index is 1940. The SMILES string of the molecule is N#C/N=C1/c2ccc(-c3ccccn3)cc2/C(=N\C#N)c2nc3c(nc21)-c1ccccc1C3=C(C#N)C#N. The molecule has 0 saturated carbocycles. The minimum absolute atomic E-state index is 0.108. The van der Waals surface area contributed by atoms with Crippen molar-refractivity contribution in [1.29, 1.82) is 21.0 Å². The van der Waals surface area contributed by atoms with Crippen LogP contribution in [0.25, 0.3) is 28.1 Å². The second-order valence-corrected chi connectivity index (χ2v) is 8.23. The average molecular weight is 485 g/mol. The third kappa shape index (κ3) is 3.18. The van der Waals surface area contributed by atoms with Crippen molar-refractivity contribution in [3.8, 4) is 47.0 Å². The standard InChI is InChI=1S/C29H11N9/c30-12-17(13-31)23-18-5-1-2-6-19(18)26-27(23)38-29-25(36-15-33)21-11-16(22-7-3-4-10-34-22)8-9-20(21)24(35-14-32)28(29)37-26/h1-11H/b35-24-,36-25+. The van der Waals surface area contributed by atoms with Crippen LogP contribution in [0.1, 0.15) is 33.8 Å². The lowest BCUT2D eigenvalue weighted by molar-refractivity contribution is 1.13. The molecule has 0 saturated heterocycles. The van der Waals surface area contributed by atoms with Crippen LogP contribution < -0.4 is 0 Å². The molecule has 38 heavy (non-hydrogen) atoms. The van der Waals surface area contributed by atoms with Gasteiger partial charge in [0.05, 0.1) is 11.4 Å². The van der Waals surface area contributed by atoms with Crippen LogP contribution in [-0.2, 0) is 0 Å². The van der Waals surface area contributed by atoms with Crippen molar-refractivity contribution in [3.63, 3.8) is 0 Å². The van der Waals surface area contributed by atoms with Crippen LogP contribution in [0.5, 0.6) is 0 Å². The van der Waals surface area contributed by atoms with Gasteiger partial charge in [-0.05, 0) is 23.8 Å². The summed E-state index contributed by atoms with van der Waals surface area (Å²) in [5.41, 5.74) is 6.00. The molecule has 2 aliphatic carbocycles. The Morgan fingerprint density at radius 2 is 1.29 bits per heavy atom. The summed E-state index contributed by atoms with van der Waals surface area (Å²) in [7, 11) is 0. The number of benzene rings is 2. The van der Waals surface area contributed by atoms with Crippen molar-refractivity contribution in [2.24, 2.45) is 9.98 Å². The van der Waals surface area contributed by atoms with Crippen molar-refractivity contribution in [1.82, 2.24) is 15.0 Å². The van der Waals surface area contributed by atoms with Gasteiger partial charge in [-0.1, -0.05) is 42.5 Å². The summed E-state index contributed by atoms with van der Waals surface area (Å²) in [4.78, 5) is 22.3. The molecule has 0 amide bonds. The van der Waals surface area contributed by atoms with Crippen LogP contribution in [0.3, 0.4) is 0 Å². The fourth-order valence-corrected chi connectivity index (χ4v) is 4.77. The number of hydrogen-bond acceptors (Lipinski definition) is 9. The van der Waals surface area contributed by atoms with Gasteiger partial charge in [-0.25, -0.2) is 9.97 Å². The highest BCUT2D eigenvalue weighted by atomic mass is 14.9. The van der Waals surface area contributed by atoms with Gasteiger partial charge in [0.2, 0.25) is 12.4 Å². The van der Waals surface area contributed by atoms with E-state index < -0.39 is 0 Å². The van der Waals surface area contributed by atoms with Gasteiger partial charge in [-0.2, -0.15) is 31.0 Å². The first-order valence-corrected chi connectivity index (χ1v) is 11.3. The van der Waals surface area contributed by atoms with Crippen molar-refractivity contribution in [2.75, 3.05) is 0 Å². The molecule has 0 N–H and O–H groups in total. The summed E-state index contributed by atoms with van der Waals surface area (Å²) < 4.78 is 0. The van der Waals surface area contributed by atoms with Gasteiger partial charge in [-0.15, -0.1) is 0 Å². The number of nitriles is 4. The van der Waals surface area contributed by atoms with Gasteiger partial charge in [0.1, 0.15) is 46.2 Å². The molecular formula is C29H11N9. The summed E-state index contributed by atoms with van der Waals surface area (Å²) in [5, 5.41) is 38.5. The first-order chi connectivity index (χ1) is 18.7. The Labute approximate surface area is 216 Å². The molecular weight excluding hydrogens is 474 g/mol. The highest BCUT2D eigenvalue weighted by Crippen LogP contribution is 2.45. The Morgan fingerprint density at radius 1 is 0.632 bits per heavy atom. The van der Waals surface area contributed by atoms with E-state index in [-0.39, 0.29) is 28.4 Å². The van der Waals surface area contributed by atoms with Crippen LogP contribution in [0.2, 0.25) is 0 Å². The molecule has 172 valence electrons. The van der Waals surface area contributed by atoms with Crippen LogP contribution in [-0.4, -0.2) is 26.4 Å². The highest BCUT2D eigenvalue weighted by Gasteiger charge is 2.36. The molecule has 2 heterocycles. The molecule has 2 aromatic carbocycles. The number of rotatable bonds is 1. The molecule has 9 nitrogen and oxygen atoms in total.